The summed E-state index contributed by atoms with van der Waals surface area (Å²) in [5, 5.41) is 4.44. The highest BCUT2D eigenvalue weighted by Gasteiger charge is 2.11. The number of hydrogen-bond acceptors (Lipinski definition) is 4. The lowest BCUT2D eigenvalue weighted by molar-refractivity contribution is 0.582. The number of rotatable bonds is 6. The summed E-state index contributed by atoms with van der Waals surface area (Å²) >= 11 is 0. The molecule has 0 fully saturated rings. The highest BCUT2D eigenvalue weighted by molar-refractivity contribution is 7.90. The molecule has 5 nitrogen and oxygen atoms in total. The van der Waals surface area contributed by atoms with Gasteiger partial charge in [-0.2, -0.15) is 5.10 Å². The number of para-hydroxylation sites is 1. The number of nitrogens with zero attached hydrogens (tertiary/aromatic N) is 2. The molecule has 2 aromatic rings. The van der Waals surface area contributed by atoms with E-state index in [0.29, 0.717) is 12.8 Å². The first-order valence-electron chi connectivity index (χ1n) is 6.50. The summed E-state index contributed by atoms with van der Waals surface area (Å²) in [4.78, 5) is 0. The quantitative estimate of drug-likeness (QED) is 0.879. The molecule has 1 aromatic heterocycles. The van der Waals surface area contributed by atoms with Crippen LogP contribution in [0.25, 0.3) is 5.69 Å². The van der Waals surface area contributed by atoms with Gasteiger partial charge in [-0.25, -0.2) is 13.1 Å². The monoisotopic (exact) mass is 293 g/mol. The number of sulfone groups is 1. The Labute approximate surface area is 119 Å². The maximum Gasteiger partial charge on any atom is 0.147 e. The van der Waals surface area contributed by atoms with Gasteiger partial charge in [0.05, 0.1) is 11.4 Å². The summed E-state index contributed by atoms with van der Waals surface area (Å²) < 4.78 is 23.9. The molecule has 0 aliphatic carbocycles. The maximum atomic E-state index is 11.1. The van der Waals surface area contributed by atoms with Crippen molar-refractivity contribution < 1.29 is 8.42 Å². The van der Waals surface area contributed by atoms with E-state index in [0.717, 1.165) is 11.4 Å². The second-order valence-electron chi connectivity index (χ2n) is 4.90. The van der Waals surface area contributed by atoms with Crippen molar-refractivity contribution in [3.8, 4) is 5.69 Å². The Morgan fingerprint density at radius 1 is 1.25 bits per heavy atom. The molecule has 6 heteroatoms. The molecule has 0 aliphatic heterocycles. The molecule has 1 unspecified atom stereocenters. The molecule has 0 aliphatic rings. The molecular weight excluding hydrogens is 274 g/mol. The molecule has 2 rings (SSSR count). The molecule has 108 valence electrons. The van der Waals surface area contributed by atoms with Gasteiger partial charge in [0, 0.05) is 24.2 Å². The van der Waals surface area contributed by atoms with E-state index in [1.807, 2.05) is 42.6 Å². The van der Waals surface area contributed by atoms with Crippen molar-refractivity contribution >= 4 is 9.84 Å². The zero-order valence-corrected chi connectivity index (χ0v) is 12.3. The number of nitrogens with two attached hydrogens (primary N) is 1. The Kier molecular flexibility index (Phi) is 4.57. The molecule has 0 saturated heterocycles. The highest BCUT2D eigenvalue weighted by atomic mass is 32.2. The van der Waals surface area contributed by atoms with E-state index in [2.05, 4.69) is 5.10 Å². The molecule has 0 amide bonds. The SMILES string of the molecule is CS(=O)(=O)CCCC(N)c1ccn(-c2ccccc2)n1. The molecule has 1 heterocycles. The highest BCUT2D eigenvalue weighted by Crippen LogP contribution is 2.16. The van der Waals surface area contributed by atoms with Gasteiger partial charge in [0.25, 0.3) is 0 Å². The Bertz CT molecular complexity index is 650. The Balaban J connectivity index is 1.98. The maximum absolute atomic E-state index is 11.1. The van der Waals surface area contributed by atoms with Gasteiger partial charge in [0.15, 0.2) is 0 Å². The molecule has 0 saturated carbocycles. The smallest absolute Gasteiger partial charge is 0.147 e. The summed E-state index contributed by atoms with van der Waals surface area (Å²) in [6.07, 6.45) is 4.26. The van der Waals surface area contributed by atoms with Crippen LogP contribution in [0.1, 0.15) is 24.6 Å². The van der Waals surface area contributed by atoms with Gasteiger partial charge in [0.2, 0.25) is 0 Å². The van der Waals surface area contributed by atoms with Crippen LogP contribution >= 0.6 is 0 Å². The van der Waals surface area contributed by atoms with E-state index >= 15 is 0 Å². The topological polar surface area (TPSA) is 78.0 Å². The molecular formula is C14H19N3O2S. The van der Waals surface area contributed by atoms with Crippen LogP contribution in [0.15, 0.2) is 42.6 Å². The van der Waals surface area contributed by atoms with E-state index in [1.54, 1.807) is 4.68 Å². The molecule has 1 aromatic carbocycles. The lowest BCUT2D eigenvalue weighted by Gasteiger charge is -2.08. The minimum atomic E-state index is -2.92. The first kappa shape index (κ1) is 14.7. The van der Waals surface area contributed by atoms with Crippen LogP contribution in [0.3, 0.4) is 0 Å². The first-order valence-corrected chi connectivity index (χ1v) is 8.56. The van der Waals surface area contributed by atoms with Crippen molar-refractivity contribution in [1.29, 1.82) is 0 Å². The minimum Gasteiger partial charge on any atom is -0.323 e. The van der Waals surface area contributed by atoms with Crippen molar-refractivity contribution in [3.05, 3.63) is 48.3 Å². The van der Waals surface area contributed by atoms with E-state index < -0.39 is 9.84 Å². The van der Waals surface area contributed by atoms with Crippen LogP contribution in [-0.4, -0.2) is 30.2 Å². The Hall–Kier alpha value is -1.66. The van der Waals surface area contributed by atoms with Crippen LogP contribution in [0.5, 0.6) is 0 Å². The first-order chi connectivity index (χ1) is 9.46. The van der Waals surface area contributed by atoms with Gasteiger partial charge in [-0.3, -0.25) is 0 Å². The summed E-state index contributed by atoms with van der Waals surface area (Å²) in [5.74, 6) is 0.167. The number of aromatic nitrogens is 2. The van der Waals surface area contributed by atoms with Gasteiger partial charge < -0.3 is 5.73 Å². The Morgan fingerprint density at radius 2 is 1.95 bits per heavy atom. The lowest BCUT2D eigenvalue weighted by Crippen LogP contribution is -2.13. The van der Waals surface area contributed by atoms with Crippen molar-refractivity contribution in [2.45, 2.75) is 18.9 Å². The fourth-order valence-corrected chi connectivity index (χ4v) is 2.66. The van der Waals surface area contributed by atoms with Crippen LogP contribution < -0.4 is 5.73 Å². The zero-order valence-electron chi connectivity index (χ0n) is 11.4. The van der Waals surface area contributed by atoms with Gasteiger partial charge in [0.1, 0.15) is 9.84 Å². The normalized spacial score (nSPS) is 13.3. The van der Waals surface area contributed by atoms with Crippen LogP contribution in [-0.2, 0) is 9.84 Å². The zero-order chi connectivity index (χ0) is 14.6. The molecule has 20 heavy (non-hydrogen) atoms. The number of benzene rings is 1. The predicted molar refractivity (Wildman–Crippen MR) is 79.4 cm³/mol. The third kappa shape index (κ3) is 4.18. The van der Waals surface area contributed by atoms with Gasteiger partial charge in [-0.1, -0.05) is 18.2 Å². The summed E-state index contributed by atoms with van der Waals surface area (Å²) in [6, 6.07) is 11.4. The van der Waals surface area contributed by atoms with Crippen LogP contribution in [0.2, 0.25) is 0 Å². The van der Waals surface area contributed by atoms with E-state index in [9.17, 15) is 8.42 Å². The molecule has 0 radical (unpaired) electrons. The summed E-state index contributed by atoms with van der Waals surface area (Å²) in [5.41, 5.74) is 7.80. The molecule has 0 bridgehead atoms. The van der Waals surface area contributed by atoms with Crippen molar-refractivity contribution in [3.63, 3.8) is 0 Å². The average molecular weight is 293 g/mol. The molecule has 0 spiro atoms. The van der Waals surface area contributed by atoms with Crippen molar-refractivity contribution in [2.75, 3.05) is 12.0 Å². The fourth-order valence-electron chi connectivity index (χ4n) is 1.97. The van der Waals surface area contributed by atoms with Gasteiger partial charge >= 0.3 is 0 Å². The Morgan fingerprint density at radius 3 is 2.60 bits per heavy atom. The van der Waals surface area contributed by atoms with Crippen LogP contribution in [0.4, 0.5) is 0 Å². The van der Waals surface area contributed by atoms with Crippen molar-refractivity contribution in [2.24, 2.45) is 5.73 Å². The number of hydrogen-bond donors (Lipinski definition) is 1. The third-order valence-corrected chi connectivity index (χ3v) is 4.07. The second kappa shape index (κ2) is 6.19. The minimum absolute atomic E-state index is 0.167. The van der Waals surface area contributed by atoms with E-state index in [-0.39, 0.29) is 11.8 Å². The third-order valence-electron chi connectivity index (χ3n) is 3.04. The summed E-state index contributed by atoms with van der Waals surface area (Å²) in [6.45, 7) is 0. The second-order valence-corrected chi connectivity index (χ2v) is 7.16. The fraction of sp³-hybridized carbons (Fsp3) is 0.357. The van der Waals surface area contributed by atoms with Gasteiger partial charge in [-0.05, 0) is 31.0 Å². The van der Waals surface area contributed by atoms with Crippen LogP contribution in [0, 0.1) is 0 Å². The van der Waals surface area contributed by atoms with Crippen molar-refractivity contribution in [1.82, 2.24) is 9.78 Å². The molecule has 2 N–H and O–H groups in total. The standard InChI is InChI=1S/C14H19N3O2S/c1-20(18,19)11-5-8-13(15)14-9-10-17(16-14)12-6-3-2-4-7-12/h2-4,6-7,9-10,13H,5,8,11,15H2,1H3. The van der Waals surface area contributed by atoms with Gasteiger partial charge in [-0.15, -0.1) is 0 Å². The largest absolute Gasteiger partial charge is 0.323 e. The van der Waals surface area contributed by atoms with E-state index in [4.69, 9.17) is 5.73 Å². The van der Waals surface area contributed by atoms with E-state index in [1.165, 1.54) is 6.26 Å². The average Bonchev–Trinajstić information content (AvgIpc) is 2.88. The summed E-state index contributed by atoms with van der Waals surface area (Å²) in [7, 11) is -2.92. The predicted octanol–water partition coefficient (Wildman–Crippen LogP) is 1.70. The molecule has 1 atom stereocenters. The lowest BCUT2D eigenvalue weighted by atomic mass is 10.1.